The molecule has 0 saturated carbocycles. The number of benzene rings is 1. The van der Waals surface area contributed by atoms with Gasteiger partial charge in [-0.3, -0.25) is 15.2 Å². The smallest absolute Gasteiger partial charge is 0.372 e. The number of halogens is 3. The summed E-state index contributed by atoms with van der Waals surface area (Å²) in [7, 11) is 0. The maximum absolute atomic E-state index is 13.5. The fraction of sp³-hybridized carbons (Fsp3) is 0.250. The van der Waals surface area contributed by atoms with Gasteiger partial charge >= 0.3 is 6.18 Å². The molecule has 1 amide bonds. The number of anilines is 1. The Morgan fingerprint density at radius 3 is 2.67 bits per heavy atom. The molecule has 0 aliphatic carbocycles. The molecule has 0 unspecified atom stereocenters. The van der Waals surface area contributed by atoms with Crippen molar-refractivity contribution in [2.45, 2.75) is 32.5 Å². The second-order valence-corrected chi connectivity index (χ2v) is 8.27. The summed E-state index contributed by atoms with van der Waals surface area (Å²) < 4.78 is 40.8. The zero-order valence-corrected chi connectivity index (χ0v) is 17.4. The Morgan fingerprint density at radius 2 is 2.03 bits per heavy atom. The third kappa shape index (κ3) is 4.23. The zero-order valence-electron chi connectivity index (χ0n) is 16.6. The molecule has 2 aromatic heterocycles. The summed E-state index contributed by atoms with van der Waals surface area (Å²) in [4.78, 5) is 16.8. The Hall–Kier alpha value is -3.14. The van der Waals surface area contributed by atoms with E-state index in [2.05, 4.69) is 39.0 Å². The van der Waals surface area contributed by atoms with Gasteiger partial charge in [0.25, 0.3) is 5.91 Å². The molecule has 0 bridgehead atoms. The van der Waals surface area contributed by atoms with Crippen molar-refractivity contribution >= 4 is 43.5 Å². The van der Waals surface area contributed by atoms with Gasteiger partial charge in [0.2, 0.25) is 0 Å². The van der Waals surface area contributed by atoms with Crippen molar-refractivity contribution in [2.75, 3.05) is 5.32 Å². The highest BCUT2D eigenvalue weighted by Crippen LogP contribution is 2.41. The van der Waals surface area contributed by atoms with Crippen LogP contribution < -0.4 is 10.6 Å². The van der Waals surface area contributed by atoms with Crippen molar-refractivity contribution < 1.29 is 18.0 Å². The van der Waals surface area contributed by atoms with Crippen LogP contribution in [0.5, 0.6) is 0 Å². The van der Waals surface area contributed by atoms with Crippen molar-refractivity contribution in [3.63, 3.8) is 0 Å². The van der Waals surface area contributed by atoms with Crippen molar-refractivity contribution in [1.29, 1.82) is 0 Å². The Balaban J connectivity index is 1.93. The number of aromatic amines is 1. The summed E-state index contributed by atoms with van der Waals surface area (Å²) in [6.07, 6.45) is 0.215. The molecule has 2 heterocycles. The molecule has 0 spiro atoms. The number of aromatic nitrogens is 3. The Morgan fingerprint density at radius 1 is 1.33 bits per heavy atom. The molecule has 0 aliphatic heterocycles. The molecule has 0 radical (unpaired) electrons. The first-order chi connectivity index (χ1) is 13.9. The normalized spacial score (nSPS) is 12.9. The van der Waals surface area contributed by atoms with Gasteiger partial charge in [0.15, 0.2) is 5.13 Å². The Bertz CT molecular complexity index is 1190. The topological polar surface area (TPSA) is 82.7 Å². The van der Waals surface area contributed by atoms with E-state index in [0.29, 0.717) is 15.8 Å². The summed E-state index contributed by atoms with van der Waals surface area (Å²) in [5.41, 5.74) is -0.600. The highest BCUT2D eigenvalue weighted by molar-refractivity contribution is 7.23. The fourth-order valence-electron chi connectivity index (χ4n) is 2.84. The van der Waals surface area contributed by atoms with E-state index in [1.165, 1.54) is 6.20 Å². The van der Waals surface area contributed by atoms with Gasteiger partial charge in [-0.25, -0.2) is 4.98 Å². The summed E-state index contributed by atoms with van der Waals surface area (Å²) in [5.74, 6) is -0.468. The summed E-state index contributed by atoms with van der Waals surface area (Å²) in [5, 5.41) is 12.5. The van der Waals surface area contributed by atoms with Gasteiger partial charge < -0.3 is 5.32 Å². The van der Waals surface area contributed by atoms with E-state index in [9.17, 15) is 18.0 Å². The van der Waals surface area contributed by atoms with Crippen molar-refractivity contribution in [3.05, 3.63) is 54.4 Å². The van der Waals surface area contributed by atoms with E-state index >= 15 is 0 Å². The van der Waals surface area contributed by atoms with Gasteiger partial charge in [-0.15, -0.1) is 0 Å². The number of rotatable bonds is 6. The monoisotopic (exact) mass is 435 g/mol. The first-order valence-corrected chi connectivity index (χ1v) is 9.67. The van der Waals surface area contributed by atoms with E-state index in [1.807, 2.05) is 6.92 Å². The van der Waals surface area contributed by atoms with Crippen LogP contribution in [0.4, 0.5) is 18.3 Å². The first kappa shape index (κ1) is 21.6. The standard InChI is InChI=1S/C20H20F3N5OS/c1-6-10(2)7-11(3)27-19(4,5)17(29)26-18-25-15-13(20(21,22)23)8-14-12(9-24-28-14)16(15)30-18/h6-9,27H,1,3H2,2,4-5H3,(H,24,28)(H,25,26,29)/b10-7-. The molecule has 3 N–H and O–H groups in total. The van der Waals surface area contributed by atoms with Gasteiger partial charge in [0.1, 0.15) is 5.54 Å². The van der Waals surface area contributed by atoms with Gasteiger partial charge in [-0.1, -0.05) is 30.6 Å². The number of hydrogen-bond acceptors (Lipinski definition) is 5. The SMILES string of the molecule is C=C/C(C)=C\C(=C)NC(C)(C)C(=O)Nc1nc2c(C(F)(F)F)cc3[nH]ncc3c2s1. The van der Waals surface area contributed by atoms with E-state index in [-0.39, 0.29) is 16.2 Å². The highest BCUT2D eigenvalue weighted by Gasteiger charge is 2.36. The van der Waals surface area contributed by atoms with Crippen LogP contribution in [0.3, 0.4) is 0 Å². The van der Waals surface area contributed by atoms with Crippen LogP contribution in [0.1, 0.15) is 26.3 Å². The molecule has 6 nitrogen and oxygen atoms in total. The number of hydrogen-bond donors (Lipinski definition) is 3. The number of alkyl halides is 3. The Labute approximate surface area is 174 Å². The molecule has 0 saturated heterocycles. The van der Waals surface area contributed by atoms with Crippen LogP contribution in [0.15, 0.2) is 48.8 Å². The number of allylic oxidation sites excluding steroid dienone is 3. The van der Waals surface area contributed by atoms with E-state index < -0.39 is 23.2 Å². The van der Waals surface area contributed by atoms with E-state index in [0.717, 1.165) is 23.0 Å². The van der Waals surface area contributed by atoms with Crippen LogP contribution in [-0.4, -0.2) is 26.6 Å². The maximum Gasteiger partial charge on any atom is 0.418 e. The molecule has 0 fully saturated rings. The van der Waals surface area contributed by atoms with Gasteiger partial charge in [-0.2, -0.15) is 18.3 Å². The number of H-pyrrole nitrogens is 1. The van der Waals surface area contributed by atoms with Gasteiger partial charge in [0.05, 0.1) is 27.5 Å². The van der Waals surface area contributed by atoms with E-state index in [4.69, 9.17) is 0 Å². The molecule has 3 aromatic rings. The summed E-state index contributed by atoms with van der Waals surface area (Å²) in [6, 6.07) is 0.972. The lowest BCUT2D eigenvalue weighted by Crippen LogP contribution is -2.49. The van der Waals surface area contributed by atoms with Crippen LogP contribution in [0, 0.1) is 0 Å². The van der Waals surface area contributed by atoms with Gasteiger partial charge in [0, 0.05) is 11.1 Å². The van der Waals surface area contributed by atoms with Crippen molar-refractivity contribution in [1.82, 2.24) is 20.5 Å². The van der Waals surface area contributed by atoms with Crippen molar-refractivity contribution in [3.8, 4) is 0 Å². The molecule has 0 atom stereocenters. The highest BCUT2D eigenvalue weighted by atomic mass is 32.1. The molecular formula is C20H20F3N5OS. The fourth-order valence-corrected chi connectivity index (χ4v) is 3.83. The van der Waals surface area contributed by atoms with Crippen LogP contribution in [-0.2, 0) is 11.0 Å². The van der Waals surface area contributed by atoms with E-state index in [1.54, 1.807) is 26.0 Å². The Kier molecular flexibility index (Phi) is 5.46. The zero-order chi connectivity index (χ0) is 22.3. The third-order valence-corrected chi connectivity index (χ3v) is 5.38. The number of amides is 1. The largest absolute Gasteiger partial charge is 0.418 e. The van der Waals surface area contributed by atoms with Gasteiger partial charge in [-0.05, 0) is 38.5 Å². The summed E-state index contributed by atoms with van der Waals surface area (Å²) >= 11 is 0.961. The minimum absolute atomic E-state index is 0.0625. The second kappa shape index (κ2) is 7.60. The maximum atomic E-state index is 13.5. The average Bonchev–Trinajstić information content (AvgIpc) is 3.24. The number of fused-ring (bicyclic) bond motifs is 3. The molecule has 3 rings (SSSR count). The molecule has 10 heteroatoms. The lowest BCUT2D eigenvalue weighted by atomic mass is 10.0. The number of carbonyl (C=O) groups excluding carboxylic acids is 1. The quantitative estimate of drug-likeness (QED) is 0.468. The molecular weight excluding hydrogens is 415 g/mol. The number of carbonyl (C=O) groups is 1. The lowest BCUT2D eigenvalue weighted by molar-refractivity contribution is -0.136. The van der Waals surface area contributed by atoms with Crippen LogP contribution in [0.25, 0.3) is 21.1 Å². The lowest BCUT2D eigenvalue weighted by Gasteiger charge is -2.26. The minimum Gasteiger partial charge on any atom is -0.372 e. The second-order valence-electron chi connectivity index (χ2n) is 7.27. The minimum atomic E-state index is -4.60. The first-order valence-electron chi connectivity index (χ1n) is 8.85. The predicted octanol–water partition coefficient (Wildman–Crippen LogP) is 5.14. The van der Waals surface area contributed by atoms with Crippen LogP contribution >= 0.6 is 11.3 Å². The molecule has 1 aromatic carbocycles. The van der Waals surface area contributed by atoms with Crippen LogP contribution in [0.2, 0.25) is 0 Å². The molecule has 30 heavy (non-hydrogen) atoms. The third-order valence-electron chi connectivity index (χ3n) is 4.37. The molecule has 158 valence electrons. The predicted molar refractivity (Wildman–Crippen MR) is 113 cm³/mol. The number of thiazole rings is 1. The number of nitrogens with one attached hydrogen (secondary N) is 3. The number of nitrogens with zero attached hydrogens (tertiary/aromatic N) is 2. The summed E-state index contributed by atoms with van der Waals surface area (Å²) in [6.45, 7) is 12.6. The van der Waals surface area contributed by atoms with Crippen molar-refractivity contribution in [2.24, 2.45) is 0 Å². The average molecular weight is 435 g/mol. The molecule has 0 aliphatic rings.